The first-order valence-corrected chi connectivity index (χ1v) is 4.67. The fraction of sp³-hybridized carbons (Fsp3) is 0. The van der Waals surface area contributed by atoms with Crippen molar-refractivity contribution in [3.63, 3.8) is 0 Å². The lowest BCUT2D eigenvalue weighted by Gasteiger charge is -2.04. The van der Waals surface area contributed by atoms with Crippen molar-refractivity contribution in [2.75, 3.05) is 0 Å². The standard InChI is InChI=1S/C9H5IN2O2/c10-7-2-1-5(3-11)6(4-13)8(7)9(12)14/h1-2,4H,(H2,12,14). The summed E-state index contributed by atoms with van der Waals surface area (Å²) in [6.45, 7) is 0. The number of nitrogens with zero attached hydrogens (tertiary/aromatic N) is 1. The summed E-state index contributed by atoms with van der Waals surface area (Å²) in [7, 11) is 0. The molecule has 0 aliphatic rings. The molecule has 0 fully saturated rings. The number of nitriles is 1. The largest absolute Gasteiger partial charge is 0.366 e. The molecule has 0 saturated carbocycles. The van der Waals surface area contributed by atoms with Crippen LogP contribution in [0.25, 0.3) is 0 Å². The number of halogens is 1. The van der Waals surface area contributed by atoms with Gasteiger partial charge in [-0.15, -0.1) is 0 Å². The van der Waals surface area contributed by atoms with Gasteiger partial charge in [0.1, 0.15) is 0 Å². The second kappa shape index (κ2) is 4.19. The van der Waals surface area contributed by atoms with Gasteiger partial charge < -0.3 is 5.73 Å². The van der Waals surface area contributed by atoms with E-state index in [0.717, 1.165) is 0 Å². The average Bonchev–Trinajstić information content (AvgIpc) is 2.16. The van der Waals surface area contributed by atoms with Gasteiger partial charge in [0.15, 0.2) is 6.29 Å². The van der Waals surface area contributed by atoms with E-state index < -0.39 is 5.91 Å². The number of nitrogens with two attached hydrogens (primary N) is 1. The maximum atomic E-state index is 11.0. The molecule has 0 atom stereocenters. The quantitative estimate of drug-likeness (QED) is 0.655. The van der Waals surface area contributed by atoms with Gasteiger partial charge in [0, 0.05) is 9.13 Å². The summed E-state index contributed by atoms with van der Waals surface area (Å²) in [4.78, 5) is 21.7. The van der Waals surface area contributed by atoms with Crippen LogP contribution in [0.15, 0.2) is 12.1 Å². The minimum Gasteiger partial charge on any atom is -0.366 e. The summed E-state index contributed by atoms with van der Waals surface area (Å²) < 4.78 is 0.566. The van der Waals surface area contributed by atoms with Crippen LogP contribution in [0.4, 0.5) is 0 Å². The van der Waals surface area contributed by atoms with Crippen molar-refractivity contribution in [1.29, 1.82) is 5.26 Å². The molecule has 4 nitrogen and oxygen atoms in total. The molecule has 1 amide bonds. The van der Waals surface area contributed by atoms with Crippen molar-refractivity contribution in [1.82, 2.24) is 0 Å². The van der Waals surface area contributed by atoms with E-state index >= 15 is 0 Å². The number of rotatable bonds is 2. The summed E-state index contributed by atoms with van der Waals surface area (Å²) in [5, 5.41) is 8.68. The molecule has 0 aliphatic heterocycles. The third kappa shape index (κ3) is 1.75. The smallest absolute Gasteiger partial charge is 0.250 e. The van der Waals surface area contributed by atoms with E-state index in [0.29, 0.717) is 9.86 Å². The number of benzene rings is 1. The number of carbonyl (C=O) groups excluding carboxylic acids is 2. The Morgan fingerprint density at radius 2 is 2.21 bits per heavy atom. The maximum Gasteiger partial charge on any atom is 0.250 e. The summed E-state index contributed by atoms with van der Waals surface area (Å²) in [6.07, 6.45) is 0.473. The molecule has 0 saturated heterocycles. The molecule has 0 aromatic heterocycles. The summed E-state index contributed by atoms with van der Waals surface area (Å²) >= 11 is 1.89. The Morgan fingerprint density at radius 3 is 2.64 bits per heavy atom. The van der Waals surface area contributed by atoms with E-state index in [1.54, 1.807) is 6.07 Å². The number of hydrogen-bond donors (Lipinski definition) is 1. The zero-order chi connectivity index (χ0) is 10.7. The van der Waals surface area contributed by atoms with Crippen molar-refractivity contribution in [3.8, 4) is 6.07 Å². The number of amides is 1. The van der Waals surface area contributed by atoms with Gasteiger partial charge >= 0.3 is 0 Å². The van der Waals surface area contributed by atoms with Gasteiger partial charge in [-0.05, 0) is 34.7 Å². The topological polar surface area (TPSA) is 83.9 Å². The van der Waals surface area contributed by atoms with Crippen LogP contribution >= 0.6 is 22.6 Å². The van der Waals surface area contributed by atoms with Crippen molar-refractivity contribution >= 4 is 34.8 Å². The van der Waals surface area contributed by atoms with E-state index in [-0.39, 0.29) is 16.7 Å². The van der Waals surface area contributed by atoms with Gasteiger partial charge in [-0.2, -0.15) is 5.26 Å². The van der Waals surface area contributed by atoms with Crippen LogP contribution in [0, 0.1) is 14.9 Å². The molecule has 1 aromatic carbocycles. The number of carbonyl (C=O) groups is 2. The molecule has 2 N–H and O–H groups in total. The van der Waals surface area contributed by atoms with Gasteiger partial charge in [0.2, 0.25) is 0 Å². The zero-order valence-corrected chi connectivity index (χ0v) is 9.11. The Hall–Kier alpha value is -1.42. The minimum absolute atomic E-state index is 0.0619. The molecular weight excluding hydrogens is 295 g/mol. The molecule has 0 bridgehead atoms. The molecule has 0 radical (unpaired) electrons. The SMILES string of the molecule is N#Cc1ccc(I)c(C(N)=O)c1C=O. The number of hydrogen-bond acceptors (Lipinski definition) is 3. The Bertz CT molecular complexity index is 449. The monoisotopic (exact) mass is 300 g/mol. The lowest BCUT2D eigenvalue weighted by molar-refractivity contribution is 0.0992. The molecular formula is C9H5IN2O2. The molecule has 1 rings (SSSR count). The highest BCUT2D eigenvalue weighted by atomic mass is 127. The van der Waals surface area contributed by atoms with Gasteiger partial charge in [-0.1, -0.05) is 0 Å². The Kier molecular flexibility index (Phi) is 3.19. The predicted molar refractivity (Wildman–Crippen MR) is 57.8 cm³/mol. The second-order valence-electron chi connectivity index (χ2n) is 2.48. The summed E-state index contributed by atoms with van der Waals surface area (Å²) in [6, 6.07) is 4.89. The van der Waals surface area contributed by atoms with Crippen LogP contribution in [-0.4, -0.2) is 12.2 Å². The number of aldehydes is 1. The normalized spacial score (nSPS) is 9.14. The van der Waals surface area contributed by atoms with Crippen molar-refractivity contribution in [3.05, 3.63) is 32.4 Å². The molecule has 0 heterocycles. The molecule has 70 valence electrons. The van der Waals surface area contributed by atoms with E-state index in [9.17, 15) is 9.59 Å². The van der Waals surface area contributed by atoms with Crippen molar-refractivity contribution in [2.24, 2.45) is 5.73 Å². The maximum absolute atomic E-state index is 11.0. The Balaban J connectivity index is 3.61. The van der Waals surface area contributed by atoms with Gasteiger partial charge in [-0.25, -0.2) is 0 Å². The van der Waals surface area contributed by atoms with Crippen molar-refractivity contribution < 1.29 is 9.59 Å². The van der Waals surface area contributed by atoms with E-state index in [1.807, 2.05) is 28.7 Å². The van der Waals surface area contributed by atoms with Crippen LogP contribution in [0.1, 0.15) is 26.3 Å². The van der Waals surface area contributed by atoms with Crippen LogP contribution in [0.5, 0.6) is 0 Å². The van der Waals surface area contributed by atoms with Crippen molar-refractivity contribution in [2.45, 2.75) is 0 Å². The first kappa shape index (κ1) is 10.7. The molecule has 0 spiro atoms. The highest BCUT2D eigenvalue weighted by molar-refractivity contribution is 14.1. The fourth-order valence-corrected chi connectivity index (χ4v) is 1.80. The first-order valence-electron chi connectivity index (χ1n) is 3.59. The van der Waals surface area contributed by atoms with Crippen LogP contribution in [0.3, 0.4) is 0 Å². The first-order chi connectivity index (χ1) is 6.61. The fourth-order valence-electron chi connectivity index (χ4n) is 1.06. The average molecular weight is 300 g/mol. The molecule has 14 heavy (non-hydrogen) atoms. The summed E-state index contributed by atoms with van der Waals surface area (Å²) in [5.74, 6) is -0.700. The minimum atomic E-state index is -0.700. The lowest BCUT2D eigenvalue weighted by Crippen LogP contribution is -2.16. The third-order valence-electron chi connectivity index (χ3n) is 1.68. The van der Waals surface area contributed by atoms with E-state index in [2.05, 4.69) is 0 Å². The van der Waals surface area contributed by atoms with Crippen LogP contribution in [-0.2, 0) is 0 Å². The molecule has 5 heteroatoms. The molecule has 1 aromatic rings. The highest BCUT2D eigenvalue weighted by Crippen LogP contribution is 2.18. The predicted octanol–water partition coefficient (Wildman–Crippen LogP) is 1.07. The molecule has 0 unspecified atom stereocenters. The summed E-state index contributed by atoms with van der Waals surface area (Å²) in [5.41, 5.74) is 5.44. The Labute approximate surface area is 93.8 Å². The van der Waals surface area contributed by atoms with E-state index in [1.165, 1.54) is 6.07 Å². The number of primary amides is 1. The lowest BCUT2D eigenvalue weighted by atomic mass is 10.0. The van der Waals surface area contributed by atoms with E-state index in [4.69, 9.17) is 11.0 Å². The van der Waals surface area contributed by atoms with Gasteiger partial charge in [0.25, 0.3) is 5.91 Å². The van der Waals surface area contributed by atoms with Crippen LogP contribution < -0.4 is 5.73 Å². The second-order valence-corrected chi connectivity index (χ2v) is 3.64. The highest BCUT2D eigenvalue weighted by Gasteiger charge is 2.15. The molecule has 0 aliphatic carbocycles. The van der Waals surface area contributed by atoms with Gasteiger partial charge in [-0.3, -0.25) is 9.59 Å². The van der Waals surface area contributed by atoms with Gasteiger partial charge in [0.05, 0.1) is 17.2 Å². The van der Waals surface area contributed by atoms with Crippen LogP contribution in [0.2, 0.25) is 0 Å². The third-order valence-corrected chi connectivity index (χ3v) is 2.58. The Morgan fingerprint density at radius 1 is 1.57 bits per heavy atom. The zero-order valence-electron chi connectivity index (χ0n) is 6.95.